The van der Waals surface area contributed by atoms with Gasteiger partial charge in [-0.1, -0.05) is 47.7 Å². The van der Waals surface area contributed by atoms with E-state index in [0.717, 1.165) is 16.5 Å². The first-order valence-electron chi connectivity index (χ1n) is 8.74. The van der Waals surface area contributed by atoms with E-state index in [-0.39, 0.29) is 17.1 Å². The Kier molecular flexibility index (Phi) is 6.54. The maximum atomic E-state index is 13.5. The molecule has 0 aliphatic carbocycles. The number of allylic oxidation sites excluding steroid dienone is 1. The normalized spacial score (nSPS) is 12.5. The lowest BCUT2D eigenvalue weighted by molar-refractivity contribution is -0.137. The fourth-order valence-electron chi connectivity index (χ4n) is 2.59. The molecule has 3 aromatic carbocycles. The highest BCUT2D eigenvalue weighted by Gasteiger charge is 2.33. The first-order valence-corrected chi connectivity index (χ1v) is 9.61. The molecular weight excluding hydrogens is 398 g/mol. The van der Waals surface area contributed by atoms with Crippen molar-refractivity contribution in [2.75, 3.05) is 0 Å². The summed E-state index contributed by atoms with van der Waals surface area (Å²) in [5, 5.41) is 1.65. The third-order valence-corrected chi connectivity index (χ3v) is 4.85. The number of halogens is 4. The highest BCUT2D eigenvalue weighted by molar-refractivity contribution is 8.02. The van der Waals surface area contributed by atoms with E-state index in [1.165, 1.54) is 36.0 Å². The van der Waals surface area contributed by atoms with Gasteiger partial charge in [0.05, 0.1) is 17.0 Å². The summed E-state index contributed by atoms with van der Waals surface area (Å²) in [5.41, 5.74) is 1.03. The number of aryl methyl sites for hydroxylation is 1. The van der Waals surface area contributed by atoms with Gasteiger partial charge in [0.1, 0.15) is 5.82 Å². The maximum Gasteiger partial charge on any atom is 0.417 e. The van der Waals surface area contributed by atoms with Crippen LogP contribution in [0.5, 0.6) is 0 Å². The smallest absolute Gasteiger partial charge is 0.248 e. The molecule has 6 heteroatoms. The van der Waals surface area contributed by atoms with Crippen molar-refractivity contribution in [2.45, 2.75) is 18.0 Å². The minimum Gasteiger partial charge on any atom is -0.248 e. The molecular formula is C23H17F4NS. The Balaban J connectivity index is 1.99. The zero-order valence-electron chi connectivity index (χ0n) is 15.5. The molecule has 0 aliphatic rings. The van der Waals surface area contributed by atoms with Crippen molar-refractivity contribution < 1.29 is 17.6 Å². The third-order valence-electron chi connectivity index (χ3n) is 4.04. The molecule has 3 aromatic rings. The summed E-state index contributed by atoms with van der Waals surface area (Å²) in [4.78, 5) is 5.21. The van der Waals surface area contributed by atoms with Crippen molar-refractivity contribution in [3.05, 3.63) is 107 Å². The van der Waals surface area contributed by atoms with Crippen LogP contribution in [0.1, 0.15) is 16.7 Å². The molecule has 0 atom stereocenters. The zero-order chi connectivity index (χ0) is 20.9. The SMILES string of the molecule is Cc1ccc(N=C(C=CSc2ccc(F)cc2)c2ccccc2C(F)(F)F)cc1. The number of rotatable bonds is 5. The van der Waals surface area contributed by atoms with E-state index in [9.17, 15) is 17.6 Å². The van der Waals surface area contributed by atoms with Gasteiger partial charge in [-0.25, -0.2) is 9.38 Å². The van der Waals surface area contributed by atoms with Crippen molar-refractivity contribution in [3.63, 3.8) is 0 Å². The molecule has 3 rings (SSSR count). The molecule has 0 N–H and O–H groups in total. The van der Waals surface area contributed by atoms with Crippen LogP contribution in [0, 0.1) is 12.7 Å². The van der Waals surface area contributed by atoms with Crippen LogP contribution in [0.15, 0.2) is 94.2 Å². The van der Waals surface area contributed by atoms with Crippen molar-refractivity contribution in [2.24, 2.45) is 4.99 Å². The Hall–Kier alpha value is -2.86. The summed E-state index contributed by atoms with van der Waals surface area (Å²) >= 11 is 1.27. The molecule has 0 bridgehead atoms. The molecule has 0 amide bonds. The Bertz CT molecular complexity index is 1020. The van der Waals surface area contributed by atoms with Gasteiger partial charge in [-0.2, -0.15) is 13.2 Å². The van der Waals surface area contributed by atoms with Crippen LogP contribution in [0.3, 0.4) is 0 Å². The van der Waals surface area contributed by atoms with Crippen LogP contribution in [0.2, 0.25) is 0 Å². The maximum absolute atomic E-state index is 13.5. The Morgan fingerprint density at radius 2 is 1.55 bits per heavy atom. The highest BCUT2D eigenvalue weighted by atomic mass is 32.2. The summed E-state index contributed by atoms with van der Waals surface area (Å²) in [6.45, 7) is 1.92. The van der Waals surface area contributed by atoms with Gasteiger partial charge < -0.3 is 0 Å². The molecule has 0 saturated heterocycles. The van der Waals surface area contributed by atoms with Crippen LogP contribution < -0.4 is 0 Å². The van der Waals surface area contributed by atoms with Gasteiger partial charge in [0.15, 0.2) is 0 Å². The third kappa shape index (κ3) is 5.81. The Morgan fingerprint density at radius 1 is 0.897 bits per heavy atom. The number of hydrogen-bond acceptors (Lipinski definition) is 2. The lowest BCUT2D eigenvalue weighted by Gasteiger charge is -2.13. The topological polar surface area (TPSA) is 12.4 Å². The number of nitrogens with zero attached hydrogens (tertiary/aromatic N) is 1. The fourth-order valence-corrected chi connectivity index (χ4v) is 3.24. The molecule has 0 spiro atoms. The monoisotopic (exact) mass is 415 g/mol. The van der Waals surface area contributed by atoms with Gasteiger partial charge >= 0.3 is 6.18 Å². The van der Waals surface area contributed by atoms with E-state index in [0.29, 0.717) is 5.69 Å². The predicted molar refractivity (Wildman–Crippen MR) is 110 cm³/mol. The first-order chi connectivity index (χ1) is 13.8. The first kappa shape index (κ1) is 20.9. The second kappa shape index (κ2) is 9.09. The van der Waals surface area contributed by atoms with Gasteiger partial charge in [-0.05, 0) is 60.9 Å². The van der Waals surface area contributed by atoms with Crippen LogP contribution in [0.25, 0.3) is 0 Å². The predicted octanol–water partition coefficient (Wildman–Crippen LogP) is 7.58. The van der Waals surface area contributed by atoms with Crippen molar-refractivity contribution in [1.29, 1.82) is 0 Å². The Labute approximate surface area is 170 Å². The summed E-state index contributed by atoms with van der Waals surface area (Å²) in [6, 6.07) is 18.4. The second-order valence-corrected chi connectivity index (χ2v) is 7.23. The van der Waals surface area contributed by atoms with Gasteiger partial charge in [-0.15, -0.1) is 0 Å². The fraction of sp³-hybridized carbons (Fsp3) is 0.0870. The van der Waals surface area contributed by atoms with Gasteiger partial charge in [0, 0.05) is 10.5 Å². The molecule has 0 radical (unpaired) electrons. The average molecular weight is 415 g/mol. The Morgan fingerprint density at radius 3 is 2.21 bits per heavy atom. The zero-order valence-corrected chi connectivity index (χ0v) is 16.3. The van der Waals surface area contributed by atoms with E-state index in [1.54, 1.807) is 41.8 Å². The number of aliphatic imine (C=N–C) groups is 1. The lowest BCUT2D eigenvalue weighted by Crippen LogP contribution is -2.12. The van der Waals surface area contributed by atoms with Gasteiger partial charge in [-0.3, -0.25) is 0 Å². The molecule has 29 heavy (non-hydrogen) atoms. The molecule has 1 nitrogen and oxygen atoms in total. The quantitative estimate of drug-likeness (QED) is 0.238. The molecule has 148 valence electrons. The number of thioether (sulfide) groups is 1. The standard InChI is InChI=1S/C23H17F4NS/c1-16-6-10-18(11-7-16)28-22(14-15-29-19-12-8-17(24)9-13-19)20-4-2-3-5-21(20)23(25,26)27/h2-15H,1H3. The number of hydrogen-bond donors (Lipinski definition) is 0. The average Bonchev–Trinajstić information content (AvgIpc) is 2.69. The summed E-state index contributed by atoms with van der Waals surface area (Å²) in [7, 11) is 0. The van der Waals surface area contributed by atoms with Crippen molar-refractivity contribution in [3.8, 4) is 0 Å². The number of benzene rings is 3. The van der Waals surface area contributed by atoms with Crippen LogP contribution in [-0.4, -0.2) is 5.71 Å². The van der Waals surface area contributed by atoms with E-state index < -0.39 is 11.7 Å². The molecule has 0 aromatic heterocycles. The largest absolute Gasteiger partial charge is 0.417 e. The van der Waals surface area contributed by atoms with E-state index >= 15 is 0 Å². The van der Waals surface area contributed by atoms with E-state index in [2.05, 4.69) is 4.99 Å². The summed E-state index contributed by atoms with van der Waals surface area (Å²) < 4.78 is 53.5. The molecule has 0 aliphatic heterocycles. The molecule has 0 heterocycles. The van der Waals surface area contributed by atoms with Crippen LogP contribution >= 0.6 is 11.8 Å². The minimum atomic E-state index is -4.50. The molecule has 0 fully saturated rings. The van der Waals surface area contributed by atoms with E-state index in [4.69, 9.17) is 0 Å². The lowest BCUT2D eigenvalue weighted by atomic mass is 10.0. The van der Waals surface area contributed by atoms with Crippen LogP contribution in [-0.2, 0) is 6.18 Å². The van der Waals surface area contributed by atoms with Crippen LogP contribution in [0.4, 0.5) is 23.2 Å². The van der Waals surface area contributed by atoms with Crippen molar-refractivity contribution >= 4 is 23.2 Å². The molecule has 0 unspecified atom stereocenters. The second-order valence-electron chi connectivity index (χ2n) is 6.25. The van der Waals surface area contributed by atoms with Gasteiger partial charge in [0.25, 0.3) is 0 Å². The summed E-state index contributed by atoms with van der Waals surface area (Å²) in [6.07, 6.45) is -2.96. The van der Waals surface area contributed by atoms with Gasteiger partial charge in [0.2, 0.25) is 0 Å². The van der Waals surface area contributed by atoms with E-state index in [1.807, 2.05) is 19.1 Å². The number of alkyl halides is 3. The molecule has 0 saturated carbocycles. The highest BCUT2D eigenvalue weighted by Crippen LogP contribution is 2.33. The minimum absolute atomic E-state index is 0.00321. The van der Waals surface area contributed by atoms with Crippen molar-refractivity contribution in [1.82, 2.24) is 0 Å². The summed E-state index contributed by atoms with van der Waals surface area (Å²) in [5.74, 6) is -0.348.